The Hall–Kier alpha value is -1.68. The van der Waals surface area contributed by atoms with Gasteiger partial charge in [-0.25, -0.2) is 13.4 Å². The summed E-state index contributed by atoms with van der Waals surface area (Å²) in [4.78, 5) is 21.5. The van der Waals surface area contributed by atoms with Crippen LogP contribution in [0.2, 0.25) is 0 Å². The summed E-state index contributed by atoms with van der Waals surface area (Å²) in [5.41, 5.74) is 0.559. The van der Waals surface area contributed by atoms with E-state index in [1.165, 1.54) is 10.5 Å². The van der Waals surface area contributed by atoms with E-state index >= 15 is 0 Å². The van der Waals surface area contributed by atoms with Crippen LogP contribution in [-0.2, 0) is 14.8 Å². The number of sulfonamides is 1. The third-order valence-corrected chi connectivity index (χ3v) is 7.14. The second-order valence-electron chi connectivity index (χ2n) is 6.83. The summed E-state index contributed by atoms with van der Waals surface area (Å²) in [5, 5.41) is 3.93. The number of halogens is 1. The molecule has 2 aromatic rings. The molecule has 2 aliphatic rings. The molecular weight excluding hydrogens is 390 g/mol. The van der Waals surface area contributed by atoms with Gasteiger partial charge in [0.05, 0.1) is 0 Å². The number of rotatable bonds is 4. The number of nitrogens with one attached hydrogen (secondary N) is 2. The molecule has 2 aliphatic heterocycles. The predicted octanol–water partition coefficient (Wildman–Crippen LogP) is 0.960. The number of piperazine rings is 1. The van der Waals surface area contributed by atoms with Crippen LogP contribution in [0.25, 0.3) is 11.0 Å². The standard InChI is InChI=1S/C17H23N5O3S.ClH/c23-16(11-13-3-1-5-18-13)21-7-9-22(10-8-21)26(24,25)15-12-20-17-14(15)4-2-6-19-17;/h2,4,6,12-13,18H,1,3,5,7-11H2,(H,19,20);1H. The number of aromatic amines is 1. The van der Waals surface area contributed by atoms with Crippen LogP contribution in [0.4, 0.5) is 0 Å². The lowest BCUT2D eigenvalue weighted by Crippen LogP contribution is -2.51. The Bertz CT molecular complexity index is 902. The lowest BCUT2D eigenvalue weighted by atomic mass is 10.1. The molecule has 0 saturated carbocycles. The number of carbonyl (C=O) groups excluding carboxylic acids is 1. The first-order chi connectivity index (χ1) is 12.6. The molecule has 0 spiro atoms. The van der Waals surface area contributed by atoms with Crippen molar-refractivity contribution in [1.29, 1.82) is 0 Å². The average Bonchev–Trinajstić information content (AvgIpc) is 3.31. The van der Waals surface area contributed by atoms with E-state index in [4.69, 9.17) is 0 Å². The highest BCUT2D eigenvalue weighted by Gasteiger charge is 2.32. The molecule has 2 N–H and O–H groups in total. The molecule has 10 heteroatoms. The van der Waals surface area contributed by atoms with Gasteiger partial charge in [0.15, 0.2) is 0 Å². The fourth-order valence-corrected chi connectivity index (χ4v) is 5.30. The molecule has 0 aromatic carbocycles. The zero-order chi connectivity index (χ0) is 18.1. The van der Waals surface area contributed by atoms with Gasteiger partial charge in [-0.1, -0.05) is 0 Å². The molecule has 0 radical (unpaired) electrons. The fraction of sp³-hybridized carbons (Fsp3) is 0.529. The summed E-state index contributed by atoms with van der Waals surface area (Å²) < 4.78 is 27.4. The minimum Gasteiger partial charge on any atom is -0.345 e. The van der Waals surface area contributed by atoms with Gasteiger partial charge in [-0.3, -0.25) is 4.79 Å². The summed E-state index contributed by atoms with van der Waals surface area (Å²) in [6.07, 6.45) is 5.77. The van der Waals surface area contributed by atoms with Crippen LogP contribution in [0.1, 0.15) is 19.3 Å². The van der Waals surface area contributed by atoms with Crippen molar-refractivity contribution < 1.29 is 13.2 Å². The van der Waals surface area contributed by atoms with E-state index in [0.717, 1.165) is 19.4 Å². The van der Waals surface area contributed by atoms with E-state index in [-0.39, 0.29) is 29.3 Å². The van der Waals surface area contributed by atoms with Crippen LogP contribution in [-0.4, -0.2) is 72.3 Å². The monoisotopic (exact) mass is 413 g/mol. The average molecular weight is 414 g/mol. The van der Waals surface area contributed by atoms with Crippen LogP contribution in [0, 0.1) is 0 Å². The van der Waals surface area contributed by atoms with Crippen molar-refractivity contribution in [3.63, 3.8) is 0 Å². The second kappa shape index (κ2) is 8.14. The number of amides is 1. The molecule has 1 unspecified atom stereocenters. The molecule has 8 nitrogen and oxygen atoms in total. The summed E-state index contributed by atoms with van der Waals surface area (Å²) in [6, 6.07) is 3.74. The number of carbonyl (C=O) groups is 1. The SMILES string of the molecule is Cl.O=C(CC1CCCN1)N1CCN(S(=O)(=O)c2c[nH]c3ncccc23)CC1. The zero-order valence-electron chi connectivity index (χ0n) is 14.9. The first kappa shape index (κ1) is 20.1. The van der Waals surface area contributed by atoms with Gasteiger partial charge in [-0.15, -0.1) is 12.4 Å². The van der Waals surface area contributed by atoms with E-state index in [1.54, 1.807) is 23.2 Å². The van der Waals surface area contributed by atoms with E-state index < -0.39 is 10.0 Å². The van der Waals surface area contributed by atoms with Crippen molar-refractivity contribution in [3.05, 3.63) is 24.5 Å². The smallest absolute Gasteiger partial charge is 0.245 e. The van der Waals surface area contributed by atoms with E-state index in [0.29, 0.717) is 43.6 Å². The van der Waals surface area contributed by atoms with Crippen molar-refractivity contribution in [3.8, 4) is 0 Å². The maximum absolute atomic E-state index is 13.0. The van der Waals surface area contributed by atoms with Crippen LogP contribution >= 0.6 is 12.4 Å². The van der Waals surface area contributed by atoms with Crippen LogP contribution < -0.4 is 5.32 Å². The van der Waals surface area contributed by atoms with Gasteiger partial charge in [-0.05, 0) is 31.5 Å². The van der Waals surface area contributed by atoms with Gasteiger partial charge in [0, 0.05) is 56.4 Å². The maximum Gasteiger partial charge on any atom is 0.245 e. The lowest BCUT2D eigenvalue weighted by molar-refractivity contribution is -0.132. The van der Waals surface area contributed by atoms with Crippen LogP contribution in [0.15, 0.2) is 29.4 Å². The minimum atomic E-state index is -3.61. The Balaban J connectivity index is 0.00000210. The number of aromatic nitrogens is 2. The topological polar surface area (TPSA) is 98.4 Å². The molecule has 1 amide bonds. The van der Waals surface area contributed by atoms with E-state index in [1.807, 2.05) is 0 Å². The Kier molecular flexibility index (Phi) is 6.05. The molecule has 148 valence electrons. The predicted molar refractivity (Wildman–Crippen MR) is 104 cm³/mol. The molecule has 0 bridgehead atoms. The van der Waals surface area contributed by atoms with Gasteiger partial charge in [0.2, 0.25) is 15.9 Å². The Labute approximate surface area is 164 Å². The minimum absolute atomic E-state index is 0. The third-order valence-electron chi connectivity index (χ3n) is 5.21. The van der Waals surface area contributed by atoms with Crippen molar-refractivity contribution in [1.82, 2.24) is 24.5 Å². The molecule has 1 atom stereocenters. The Morgan fingerprint density at radius 1 is 1.26 bits per heavy atom. The molecule has 4 rings (SSSR count). The number of nitrogens with zero attached hydrogens (tertiary/aromatic N) is 3. The molecule has 2 aromatic heterocycles. The number of H-pyrrole nitrogens is 1. The quantitative estimate of drug-likeness (QED) is 0.777. The first-order valence-corrected chi connectivity index (χ1v) is 10.4. The van der Waals surface area contributed by atoms with Gasteiger partial charge in [-0.2, -0.15) is 4.31 Å². The molecule has 2 fully saturated rings. The maximum atomic E-state index is 13.0. The van der Waals surface area contributed by atoms with Gasteiger partial charge in [0.25, 0.3) is 0 Å². The Morgan fingerprint density at radius 2 is 2.04 bits per heavy atom. The largest absolute Gasteiger partial charge is 0.345 e. The van der Waals surface area contributed by atoms with Crippen molar-refractivity contribution >= 4 is 39.4 Å². The van der Waals surface area contributed by atoms with Crippen LogP contribution in [0.5, 0.6) is 0 Å². The summed E-state index contributed by atoms with van der Waals surface area (Å²) >= 11 is 0. The van der Waals surface area contributed by atoms with Crippen molar-refractivity contribution in [2.24, 2.45) is 0 Å². The highest BCUT2D eigenvalue weighted by molar-refractivity contribution is 7.89. The van der Waals surface area contributed by atoms with Crippen molar-refractivity contribution in [2.45, 2.75) is 30.2 Å². The Morgan fingerprint density at radius 3 is 2.74 bits per heavy atom. The lowest BCUT2D eigenvalue weighted by Gasteiger charge is -2.34. The molecule has 27 heavy (non-hydrogen) atoms. The fourth-order valence-electron chi connectivity index (χ4n) is 3.73. The second-order valence-corrected chi connectivity index (χ2v) is 8.74. The summed E-state index contributed by atoms with van der Waals surface area (Å²) in [7, 11) is -3.61. The molecular formula is C17H24ClN5O3S. The van der Waals surface area contributed by atoms with E-state index in [2.05, 4.69) is 15.3 Å². The van der Waals surface area contributed by atoms with Crippen LogP contribution in [0.3, 0.4) is 0 Å². The molecule has 0 aliphatic carbocycles. The summed E-state index contributed by atoms with van der Waals surface area (Å²) in [6.45, 7) is 2.48. The van der Waals surface area contributed by atoms with Crippen molar-refractivity contribution in [2.75, 3.05) is 32.7 Å². The first-order valence-electron chi connectivity index (χ1n) is 8.99. The number of hydrogen-bond acceptors (Lipinski definition) is 5. The number of pyridine rings is 1. The third kappa shape index (κ3) is 3.96. The van der Waals surface area contributed by atoms with Gasteiger partial charge >= 0.3 is 0 Å². The zero-order valence-corrected chi connectivity index (χ0v) is 16.6. The molecule has 2 saturated heterocycles. The highest BCUT2D eigenvalue weighted by Crippen LogP contribution is 2.25. The highest BCUT2D eigenvalue weighted by atomic mass is 35.5. The normalized spacial score (nSPS) is 21.3. The summed E-state index contributed by atoms with van der Waals surface area (Å²) in [5.74, 6) is 0.109. The van der Waals surface area contributed by atoms with Gasteiger partial charge < -0.3 is 15.2 Å². The number of fused-ring (bicyclic) bond motifs is 1. The molecule has 4 heterocycles. The number of hydrogen-bond donors (Lipinski definition) is 2. The van der Waals surface area contributed by atoms with Gasteiger partial charge in [0.1, 0.15) is 10.5 Å². The van der Waals surface area contributed by atoms with E-state index in [9.17, 15) is 13.2 Å².